The number of benzene rings is 1. The number of nitrogens with two attached hydrogens (primary N) is 1. The maximum atomic E-state index is 10.5. The van der Waals surface area contributed by atoms with Crippen molar-refractivity contribution >= 4 is 11.6 Å². The third-order valence-corrected chi connectivity index (χ3v) is 1.37. The number of hydrogen-bond donors (Lipinski definition) is 3. The Balaban J connectivity index is 2.46. The molecule has 0 aromatic heterocycles. The number of nitrogen functional groups attached to an aromatic ring is 1. The minimum atomic E-state index is -0.600. The van der Waals surface area contributed by atoms with Crippen LogP contribution in [-0.2, 0) is 4.79 Å². The van der Waals surface area contributed by atoms with E-state index in [9.17, 15) is 4.79 Å². The van der Waals surface area contributed by atoms with Crippen LogP contribution in [0.5, 0.6) is 5.75 Å². The highest BCUT2D eigenvalue weighted by Crippen LogP contribution is 2.12. The van der Waals surface area contributed by atoms with Crippen molar-refractivity contribution in [3.8, 4) is 5.75 Å². The molecular formula is C8H10N2O3. The van der Waals surface area contributed by atoms with E-state index in [2.05, 4.69) is 0 Å². The number of hydroxylamine groups is 1. The molecule has 0 saturated heterocycles. The van der Waals surface area contributed by atoms with Crippen LogP contribution < -0.4 is 16.0 Å². The quantitative estimate of drug-likeness (QED) is 0.353. The van der Waals surface area contributed by atoms with Crippen molar-refractivity contribution in [2.24, 2.45) is 0 Å². The molecule has 0 aliphatic heterocycles. The molecule has 0 radical (unpaired) electrons. The van der Waals surface area contributed by atoms with E-state index in [1.807, 2.05) is 0 Å². The van der Waals surface area contributed by atoms with Crippen molar-refractivity contribution in [1.29, 1.82) is 0 Å². The summed E-state index contributed by atoms with van der Waals surface area (Å²) < 4.78 is 4.99. The Kier molecular flexibility index (Phi) is 3.10. The number of ether oxygens (including phenoxy) is 1. The van der Waals surface area contributed by atoms with Crippen molar-refractivity contribution in [1.82, 2.24) is 5.48 Å². The Morgan fingerprint density at radius 3 is 2.62 bits per heavy atom. The average molecular weight is 182 g/mol. The Bertz CT molecular complexity index is 284. The van der Waals surface area contributed by atoms with Gasteiger partial charge in [0.25, 0.3) is 5.91 Å². The van der Waals surface area contributed by atoms with E-state index in [-0.39, 0.29) is 6.61 Å². The van der Waals surface area contributed by atoms with Gasteiger partial charge < -0.3 is 10.5 Å². The van der Waals surface area contributed by atoms with Crippen LogP contribution in [0.15, 0.2) is 24.3 Å². The second-order valence-electron chi connectivity index (χ2n) is 2.39. The van der Waals surface area contributed by atoms with Gasteiger partial charge in [-0.2, -0.15) is 0 Å². The fraction of sp³-hybridized carbons (Fsp3) is 0.125. The highest BCUT2D eigenvalue weighted by atomic mass is 16.5. The summed E-state index contributed by atoms with van der Waals surface area (Å²) in [5, 5.41) is 8.16. The molecule has 0 aliphatic carbocycles. The standard InChI is InChI=1S/C8H10N2O3/c9-6-1-3-7(4-2-6)13-5-8(11)10-12/h1-4,12H,5,9H2,(H,10,11). The lowest BCUT2D eigenvalue weighted by Crippen LogP contribution is -2.25. The lowest BCUT2D eigenvalue weighted by atomic mass is 10.3. The summed E-state index contributed by atoms with van der Waals surface area (Å²) in [4.78, 5) is 10.5. The summed E-state index contributed by atoms with van der Waals surface area (Å²) in [6, 6.07) is 6.60. The van der Waals surface area contributed by atoms with Gasteiger partial charge in [0.2, 0.25) is 0 Å². The molecule has 0 fully saturated rings. The van der Waals surface area contributed by atoms with Crippen LogP contribution in [0.2, 0.25) is 0 Å². The molecule has 4 N–H and O–H groups in total. The number of nitrogens with one attached hydrogen (secondary N) is 1. The highest BCUT2D eigenvalue weighted by Gasteiger charge is 1.99. The molecular weight excluding hydrogens is 172 g/mol. The molecule has 0 spiro atoms. The van der Waals surface area contributed by atoms with Gasteiger partial charge in [-0.3, -0.25) is 10.0 Å². The number of carbonyl (C=O) groups is 1. The highest BCUT2D eigenvalue weighted by molar-refractivity contribution is 5.76. The average Bonchev–Trinajstić information content (AvgIpc) is 2.16. The van der Waals surface area contributed by atoms with Crippen LogP contribution >= 0.6 is 0 Å². The Morgan fingerprint density at radius 1 is 1.46 bits per heavy atom. The largest absolute Gasteiger partial charge is 0.484 e. The first-order valence-electron chi connectivity index (χ1n) is 3.63. The van der Waals surface area contributed by atoms with Crippen LogP contribution in [0, 0.1) is 0 Å². The summed E-state index contributed by atoms with van der Waals surface area (Å²) in [5.41, 5.74) is 7.52. The number of rotatable bonds is 3. The molecule has 0 atom stereocenters. The summed E-state index contributed by atoms with van der Waals surface area (Å²) in [5.74, 6) is -0.0744. The zero-order valence-electron chi connectivity index (χ0n) is 6.86. The Morgan fingerprint density at radius 2 is 2.08 bits per heavy atom. The van der Waals surface area contributed by atoms with Gasteiger partial charge in [0.15, 0.2) is 6.61 Å². The van der Waals surface area contributed by atoms with Crippen molar-refractivity contribution < 1.29 is 14.7 Å². The van der Waals surface area contributed by atoms with Crippen molar-refractivity contribution in [3.63, 3.8) is 0 Å². The van der Waals surface area contributed by atoms with Gasteiger partial charge in [-0.1, -0.05) is 0 Å². The molecule has 0 aliphatic rings. The maximum Gasteiger partial charge on any atom is 0.281 e. The summed E-state index contributed by atoms with van der Waals surface area (Å²) in [6.45, 7) is -0.222. The number of anilines is 1. The fourth-order valence-corrected chi connectivity index (χ4v) is 0.745. The van der Waals surface area contributed by atoms with E-state index < -0.39 is 5.91 Å². The second-order valence-corrected chi connectivity index (χ2v) is 2.39. The molecule has 5 heteroatoms. The molecule has 13 heavy (non-hydrogen) atoms. The van der Waals surface area contributed by atoms with Gasteiger partial charge in [0.05, 0.1) is 0 Å². The molecule has 5 nitrogen and oxygen atoms in total. The van der Waals surface area contributed by atoms with Gasteiger partial charge in [0.1, 0.15) is 5.75 Å². The molecule has 0 heterocycles. The lowest BCUT2D eigenvalue weighted by molar-refractivity contribution is -0.131. The van der Waals surface area contributed by atoms with Crippen LogP contribution in [0.25, 0.3) is 0 Å². The van der Waals surface area contributed by atoms with Crippen molar-refractivity contribution in [2.75, 3.05) is 12.3 Å². The normalized spacial score (nSPS) is 9.31. The molecule has 1 aromatic rings. The van der Waals surface area contributed by atoms with E-state index in [1.165, 1.54) is 5.48 Å². The molecule has 0 bridgehead atoms. The van der Waals surface area contributed by atoms with Gasteiger partial charge in [-0.25, -0.2) is 5.48 Å². The third kappa shape index (κ3) is 3.00. The van der Waals surface area contributed by atoms with Gasteiger partial charge in [0, 0.05) is 5.69 Å². The van der Waals surface area contributed by atoms with Gasteiger partial charge in [-0.15, -0.1) is 0 Å². The minimum absolute atomic E-state index is 0.222. The zero-order valence-corrected chi connectivity index (χ0v) is 6.86. The Labute approximate surface area is 75.1 Å². The summed E-state index contributed by atoms with van der Waals surface area (Å²) >= 11 is 0. The summed E-state index contributed by atoms with van der Waals surface area (Å²) in [7, 11) is 0. The first-order chi connectivity index (χ1) is 6.22. The van der Waals surface area contributed by atoms with Gasteiger partial charge in [-0.05, 0) is 24.3 Å². The van der Waals surface area contributed by atoms with Crippen LogP contribution in [0.3, 0.4) is 0 Å². The number of carbonyl (C=O) groups excluding carboxylic acids is 1. The lowest BCUT2D eigenvalue weighted by Gasteiger charge is -2.03. The van der Waals surface area contributed by atoms with E-state index in [1.54, 1.807) is 24.3 Å². The molecule has 1 aromatic carbocycles. The van der Waals surface area contributed by atoms with Crippen molar-refractivity contribution in [3.05, 3.63) is 24.3 Å². The van der Waals surface area contributed by atoms with Gasteiger partial charge >= 0.3 is 0 Å². The predicted molar refractivity (Wildman–Crippen MR) is 46.3 cm³/mol. The topological polar surface area (TPSA) is 84.6 Å². The van der Waals surface area contributed by atoms with E-state index in [4.69, 9.17) is 15.7 Å². The van der Waals surface area contributed by atoms with E-state index in [0.29, 0.717) is 11.4 Å². The smallest absolute Gasteiger partial charge is 0.281 e. The van der Waals surface area contributed by atoms with Crippen LogP contribution in [0.1, 0.15) is 0 Å². The summed E-state index contributed by atoms with van der Waals surface area (Å²) in [6.07, 6.45) is 0. The maximum absolute atomic E-state index is 10.5. The predicted octanol–water partition coefficient (Wildman–Crippen LogP) is 0.153. The fourth-order valence-electron chi connectivity index (χ4n) is 0.745. The first kappa shape index (κ1) is 9.34. The van der Waals surface area contributed by atoms with E-state index in [0.717, 1.165) is 0 Å². The minimum Gasteiger partial charge on any atom is -0.484 e. The molecule has 70 valence electrons. The Hall–Kier alpha value is -1.75. The number of amides is 1. The zero-order chi connectivity index (χ0) is 9.68. The third-order valence-electron chi connectivity index (χ3n) is 1.37. The molecule has 1 rings (SSSR count). The molecule has 1 amide bonds. The van der Waals surface area contributed by atoms with Crippen LogP contribution in [0.4, 0.5) is 5.69 Å². The second kappa shape index (κ2) is 4.32. The van der Waals surface area contributed by atoms with Crippen molar-refractivity contribution in [2.45, 2.75) is 0 Å². The molecule has 0 unspecified atom stereocenters. The number of hydrogen-bond acceptors (Lipinski definition) is 4. The SMILES string of the molecule is Nc1ccc(OCC(=O)NO)cc1. The van der Waals surface area contributed by atoms with E-state index >= 15 is 0 Å². The molecule has 0 saturated carbocycles. The first-order valence-corrected chi connectivity index (χ1v) is 3.63. The van der Waals surface area contributed by atoms with Crippen LogP contribution in [-0.4, -0.2) is 17.7 Å². The monoisotopic (exact) mass is 182 g/mol.